The molecule has 0 saturated heterocycles. The molecule has 0 aliphatic heterocycles. The van der Waals surface area contributed by atoms with Crippen LogP contribution in [0.3, 0.4) is 0 Å². The maximum absolute atomic E-state index is 15.0. The zero-order valence-electron chi connectivity index (χ0n) is 19.5. The summed E-state index contributed by atoms with van der Waals surface area (Å²) < 4.78 is 25.9. The number of rotatable bonds is 3. The van der Waals surface area contributed by atoms with Gasteiger partial charge in [0.2, 0.25) is 5.69 Å². The van der Waals surface area contributed by atoms with Crippen LogP contribution in [0.5, 0.6) is 0 Å². The summed E-state index contributed by atoms with van der Waals surface area (Å²) >= 11 is 0. The van der Waals surface area contributed by atoms with Crippen molar-refractivity contribution in [3.63, 3.8) is 0 Å². The van der Waals surface area contributed by atoms with Crippen molar-refractivity contribution >= 4 is 10.8 Å². The zero-order valence-corrected chi connectivity index (χ0v) is 18.5. The Morgan fingerprint density at radius 2 is 1.68 bits per heavy atom. The molecule has 1 aliphatic rings. The van der Waals surface area contributed by atoms with Gasteiger partial charge in [-0.25, -0.2) is 4.39 Å². The van der Waals surface area contributed by atoms with E-state index in [1.54, 1.807) is 6.07 Å². The third kappa shape index (κ3) is 3.54. The molecule has 156 valence electrons. The van der Waals surface area contributed by atoms with E-state index in [4.69, 9.17) is 1.37 Å². The summed E-state index contributed by atoms with van der Waals surface area (Å²) in [7, 11) is 2.01. The number of aryl methyl sites for hydroxylation is 1. The van der Waals surface area contributed by atoms with Gasteiger partial charge < -0.3 is 0 Å². The van der Waals surface area contributed by atoms with Crippen LogP contribution in [0.4, 0.5) is 4.39 Å². The first kappa shape index (κ1) is 18.7. The largest absolute Gasteiger partial charge is 0.220 e. The van der Waals surface area contributed by atoms with Gasteiger partial charge in [0, 0.05) is 18.5 Å². The average Bonchev–Trinajstić information content (AvgIpc) is 3.34. The summed E-state index contributed by atoms with van der Waals surface area (Å²) in [6.45, 7) is 3.97. The maximum atomic E-state index is 15.0. The van der Waals surface area contributed by atoms with E-state index in [2.05, 4.69) is 22.8 Å². The SMILES string of the molecule is [2H]c1c(C)[n+](C)c(-c2cc(-c3ccccc3)c(F)cc2C)c2ccc(C3CCCC3)cc12. The second-order valence-electron chi connectivity index (χ2n) is 8.92. The summed E-state index contributed by atoms with van der Waals surface area (Å²) in [6.07, 6.45) is 5.06. The number of fused-ring (bicyclic) bond motifs is 1. The fraction of sp³-hybridized carbons (Fsp3) is 0.276. The van der Waals surface area contributed by atoms with Crippen LogP contribution >= 0.6 is 0 Å². The molecule has 0 amide bonds. The van der Waals surface area contributed by atoms with Crippen LogP contribution in [0.25, 0.3) is 33.2 Å². The van der Waals surface area contributed by atoms with Crippen LogP contribution < -0.4 is 4.57 Å². The Hall–Kier alpha value is -3.00. The Kier molecular flexibility index (Phi) is 4.79. The number of hydrogen-bond acceptors (Lipinski definition) is 0. The molecule has 3 aromatic carbocycles. The van der Waals surface area contributed by atoms with E-state index in [-0.39, 0.29) is 5.82 Å². The van der Waals surface area contributed by atoms with Crippen LogP contribution in [0, 0.1) is 19.7 Å². The molecule has 0 spiro atoms. The molecule has 0 N–H and O–H groups in total. The monoisotopic (exact) mass is 411 g/mol. The molecule has 2 heteroatoms. The summed E-state index contributed by atoms with van der Waals surface area (Å²) in [5, 5.41) is 2.04. The Labute approximate surface area is 185 Å². The van der Waals surface area contributed by atoms with Crippen molar-refractivity contribution in [2.75, 3.05) is 0 Å². The lowest BCUT2D eigenvalue weighted by molar-refractivity contribution is -0.665. The van der Waals surface area contributed by atoms with Gasteiger partial charge in [0.25, 0.3) is 0 Å². The molecule has 0 bridgehead atoms. The summed E-state index contributed by atoms with van der Waals surface area (Å²) in [4.78, 5) is 0. The molecule has 1 nitrogen and oxygen atoms in total. The topological polar surface area (TPSA) is 3.88 Å². The zero-order chi connectivity index (χ0) is 22.4. The molecular weight excluding hydrogens is 381 g/mol. The first-order valence-corrected chi connectivity index (χ1v) is 11.2. The molecule has 5 rings (SSSR count). The van der Waals surface area contributed by atoms with Gasteiger partial charge in [-0.05, 0) is 66.0 Å². The molecule has 31 heavy (non-hydrogen) atoms. The quantitative estimate of drug-likeness (QED) is 0.309. The van der Waals surface area contributed by atoms with Gasteiger partial charge in [0.1, 0.15) is 12.9 Å². The maximum Gasteiger partial charge on any atom is 0.220 e. The van der Waals surface area contributed by atoms with Gasteiger partial charge in [0.15, 0.2) is 5.69 Å². The van der Waals surface area contributed by atoms with Crippen molar-refractivity contribution in [2.45, 2.75) is 45.4 Å². The first-order chi connectivity index (χ1) is 15.5. The second kappa shape index (κ2) is 7.92. The summed E-state index contributed by atoms with van der Waals surface area (Å²) in [5.74, 6) is 0.399. The minimum Gasteiger partial charge on any atom is -0.206 e. The predicted octanol–water partition coefficient (Wildman–Crippen LogP) is 7.41. The number of halogens is 1. The third-order valence-corrected chi connectivity index (χ3v) is 6.93. The van der Waals surface area contributed by atoms with Gasteiger partial charge in [-0.15, -0.1) is 0 Å². The third-order valence-electron chi connectivity index (χ3n) is 6.93. The highest BCUT2D eigenvalue weighted by Gasteiger charge is 2.23. The lowest BCUT2D eigenvalue weighted by atomic mass is 9.91. The van der Waals surface area contributed by atoms with Crippen molar-refractivity contribution in [3.8, 4) is 22.4 Å². The molecule has 1 heterocycles. The van der Waals surface area contributed by atoms with Crippen LogP contribution in [-0.2, 0) is 7.05 Å². The number of aromatic nitrogens is 1. The fourth-order valence-electron chi connectivity index (χ4n) is 5.10. The van der Waals surface area contributed by atoms with Crippen molar-refractivity contribution in [1.29, 1.82) is 0 Å². The van der Waals surface area contributed by atoms with Crippen molar-refractivity contribution < 1.29 is 10.3 Å². The summed E-state index contributed by atoms with van der Waals surface area (Å²) in [6, 6.07) is 20.6. The van der Waals surface area contributed by atoms with Gasteiger partial charge in [-0.2, -0.15) is 4.57 Å². The summed E-state index contributed by atoms with van der Waals surface area (Å²) in [5.41, 5.74) is 6.70. The molecule has 0 atom stereocenters. The van der Waals surface area contributed by atoms with Gasteiger partial charge in [-0.3, -0.25) is 0 Å². The smallest absolute Gasteiger partial charge is 0.206 e. The van der Waals surface area contributed by atoms with E-state index in [9.17, 15) is 4.39 Å². The fourth-order valence-corrected chi connectivity index (χ4v) is 5.10. The van der Waals surface area contributed by atoms with Crippen LogP contribution in [-0.4, -0.2) is 0 Å². The minimum atomic E-state index is -0.207. The van der Waals surface area contributed by atoms with E-state index < -0.39 is 0 Å². The normalized spacial score (nSPS) is 14.9. The molecule has 1 aromatic heterocycles. The number of pyridine rings is 1. The Balaban J connectivity index is 1.77. The lowest BCUT2D eigenvalue weighted by Crippen LogP contribution is -2.35. The van der Waals surface area contributed by atoms with E-state index in [1.807, 2.05) is 57.3 Å². The first-order valence-electron chi connectivity index (χ1n) is 11.7. The Bertz CT molecular complexity index is 1320. The van der Waals surface area contributed by atoms with Crippen LogP contribution in [0.2, 0.25) is 0 Å². The van der Waals surface area contributed by atoms with Gasteiger partial charge in [0.05, 0.1) is 12.3 Å². The Morgan fingerprint density at radius 3 is 2.42 bits per heavy atom. The van der Waals surface area contributed by atoms with Crippen molar-refractivity contribution in [3.05, 3.63) is 89.3 Å². The van der Waals surface area contributed by atoms with E-state index in [0.717, 1.165) is 38.9 Å². The molecule has 1 aliphatic carbocycles. The van der Waals surface area contributed by atoms with Crippen molar-refractivity contribution in [1.82, 2.24) is 0 Å². The minimum absolute atomic E-state index is 0.207. The standard InChI is InChI=1S/C29H29FN/c1-19-15-28(30)27(22-11-5-4-6-12-22)18-26(19)29-25-14-13-23(21-9-7-8-10-21)17-24(25)16-20(2)31(29)3/h4-6,11-18,21H,7-10H2,1-3H3/q+1/i16D. The van der Waals surface area contributed by atoms with Crippen LogP contribution in [0.15, 0.2) is 66.7 Å². The second-order valence-corrected chi connectivity index (χ2v) is 8.92. The number of benzene rings is 3. The highest BCUT2D eigenvalue weighted by Crippen LogP contribution is 2.38. The van der Waals surface area contributed by atoms with E-state index >= 15 is 0 Å². The molecular formula is C29H29FN+. The number of nitrogens with zero attached hydrogens (tertiary/aromatic N) is 1. The molecule has 1 saturated carbocycles. The molecule has 4 aromatic rings. The van der Waals surface area contributed by atoms with Crippen LogP contribution in [0.1, 0.15) is 49.8 Å². The molecule has 0 radical (unpaired) electrons. The predicted molar refractivity (Wildman–Crippen MR) is 127 cm³/mol. The van der Waals surface area contributed by atoms with Gasteiger partial charge in [-0.1, -0.05) is 55.3 Å². The highest BCUT2D eigenvalue weighted by molar-refractivity contribution is 5.95. The van der Waals surface area contributed by atoms with Crippen molar-refractivity contribution in [2.24, 2.45) is 7.05 Å². The average molecular weight is 412 g/mol. The van der Waals surface area contributed by atoms with E-state index in [0.29, 0.717) is 17.5 Å². The molecule has 1 fully saturated rings. The van der Waals surface area contributed by atoms with E-state index in [1.165, 1.54) is 31.2 Å². The highest BCUT2D eigenvalue weighted by atomic mass is 19.1. The Morgan fingerprint density at radius 1 is 0.935 bits per heavy atom. The molecule has 0 unspecified atom stereocenters. The lowest BCUT2D eigenvalue weighted by Gasteiger charge is -2.15. The van der Waals surface area contributed by atoms with Gasteiger partial charge >= 0.3 is 0 Å². The number of hydrogen-bond donors (Lipinski definition) is 0.